The molecule has 0 aliphatic heterocycles. The largest absolute Gasteiger partial charge is 0.496 e. The molecular weight excluding hydrogens is 325 g/mol. The van der Waals surface area contributed by atoms with Crippen LogP contribution in [0.4, 0.5) is 0 Å². The van der Waals surface area contributed by atoms with Crippen LogP contribution in [0, 0.1) is 0 Å². The smallest absolute Gasteiger partial charge is 0.125 e. The maximum Gasteiger partial charge on any atom is 0.125 e. The van der Waals surface area contributed by atoms with Crippen LogP contribution in [0.1, 0.15) is 15.9 Å². The zero-order valence-corrected chi connectivity index (χ0v) is 13.7. The van der Waals surface area contributed by atoms with Crippen molar-refractivity contribution in [3.05, 3.63) is 58.1 Å². The minimum atomic E-state index is -0.197. The third-order valence-corrected chi connectivity index (χ3v) is 4.91. The second kappa shape index (κ2) is 6.22. The molecule has 21 heavy (non-hydrogen) atoms. The summed E-state index contributed by atoms with van der Waals surface area (Å²) in [5.74, 6) is 0.712. The number of para-hydroxylation sites is 1. The average molecular weight is 338 g/mol. The van der Waals surface area contributed by atoms with E-state index in [0.717, 1.165) is 16.1 Å². The fourth-order valence-electron chi connectivity index (χ4n) is 2.21. The molecule has 0 aliphatic rings. The summed E-state index contributed by atoms with van der Waals surface area (Å²) < 4.78 is 6.54. The molecule has 0 radical (unpaired) electrons. The summed E-state index contributed by atoms with van der Waals surface area (Å²) in [6, 6.07) is 13.6. The van der Waals surface area contributed by atoms with E-state index < -0.39 is 0 Å². The Bertz CT molecular complexity index is 739. The Morgan fingerprint density at radius 3 is 2.81 bits per heavy atom. The number of aromatic nitrogens is 1. The lowest BCUT2D eigenvalue weighted by atomic mass is 10.1. The lowest BCUT2D eigenvalue weighted by Crippen LogP contribution is -1.99. The third-order valence-electron chi connectivity index (χ3n) is 3.22. The van der Waals surface area contributed by atoms with Gasteiger partial charge in [-0.2, -0.15) is 0 Å². The number of rotatable bonds is 4. The first-order chi connectivity index (χ1) is 10.2. The number of hydrogen-bond acceptors (Lipinski definition) is 3. The standard InChI is InChI=1S/C16H13Cl2NOS/c1-20-14-8-10(17)6-7-11(14)12(18)9-16-19-13-4-2-3-5-15(13)21-16/h2-8,12H,9H2,1H3. The van der Waals surface area contributed by atoms with Crippen molar-refractivity contribution < 1.29 is 4.74 Å². The molecule has 108 valence electrons. The van der Waals surface area contributed by atoms with Crippen molar-refractivity contribution in [1.82, 2.24) is 4.98 Å². The summed E-state index contributed by atoms with van der Waals surface area (Å²) >= 11 is 14.2. The molecule has 1 unspecified atom stereocenters. The van der Waals surface area contributed by atoms with E-state index in [1.54, 1.807) is 24.5 Å². The Labute approximate surface area is 137 Å². The topological polar surface area (TPSA) is 22.1 Å². The van der Waals surface area contributed by atoms with Gasteiger partial charge in [-0.15, -0.1) is 22.9 Å². The third kappa shape index (κ3) is 3.15. The first kappa shape index (κ1) is 14.6. The van der Waals surface area contributed by atoms with E-state index in [4.69, 9.17) is 27.9 Å². The van der Waals surface area contributed by atoms with Crippen LogP contribution in [-0.4, -0.2) is 12.1 Å². The molecule has 1 aromatic heterocycles. The van der Waals surface area contributed by atoms with E-state index in [9.17, 15) is 0 Å². The molecule has 0 aliphatic carbocycles. The predicted molar refractivity (Wildman–Crippen MR) is 89.9 cm³/mol. The van der Waals surface area contributed by atoms with Crippen molar-refractivity contribution in [3.8, 4) is 5.75 Å². The van der Waals surface area contributed by atoms with Gasteiger partial charge in [-0.1, -0.05) is 29.8 Å². The first-order valence-electron chi connectivity index (χ1n) is 6.49. The van der Waals surface area contributed by atoms with Crippen molar-refractivity contribution in [2.45, 2.75) is 11.8 Å². The minimum Gasteiger partial charge on any atom is -0.496 e. The molecule has 3 aromatic rings. The fourth-order valence-corrected chi connectivity index (χ4v) is 3.81. The quantitative estimate of drug-likeness (QED) is 0.588. The van der Waals surface area contributed by atoms with Gasteiger partial charge in [-0.25, -0.2) is 4.98 Å². The van der Waals surface area contributed by atoms with Gasteiger partial charge in [0.25, 0.3) is 0 Å². The van der Waals surface area contributed by atoms with Crippen LogP contribution in [0.2, 0.25) is 5.02 Å². The number of benzene rings is 2. The molecule has 0 fully saturated rings. The molecule has 0 amide bonds. The van der Waals surface area contributed by atoms with E-state index in [1.807, 2.05) is 30.3 Å². The van der Waals surface area contributed by atoms with Gasteiger partial charge in [0.2, 0.25) is 0 Å². The summed E-state index contributed by atoms with van der Waals surface area (Å²) in [5.41, 5.74) is 1.95. The summed E-state index contributed by atoms with van der Waals surface area (Å²) in [6.07, 6.45) is 0.666. The molecule has 3 rings (SSSR count). The summed E-state index contributed by atoms with van der Waals surface area (Å²) in [5, 5.41) is 1.46. The Kier molecular flexibility index (Phi) is 4.34. The van der Waals surface area contributed by atoms with E-state index in [2.05, 4.69) is 11.1 Å². The van der Waals surface area contributed by atoms with Gasteiger partial charge in [-0.3, -0.25) is 0 Å². The van der Waals surface area contributed by atoms with Crippen LogP contribution in [0.25, 0.3) is 10.2 Å². The number of fused-ring (bicyclic) bond motifs is 1. The fraction of sp³-hybridized carbons (Fsp3) is 0.188. The molecule has 0 N–H and O–H groups in total. The van der Waals surface area contributed by atoms with E-state index in [-0.39, 0.29) is 5.38 Å². The van der Waals surface area contributed by atoms with E-state index >= 15 is 0 Å². The van der Waals surface area contributed by atoms with Crippen molar-refractivity contribution in [3.63, 3.8) is 0 Å². The molecule has 0 bridgehead atoms. The van der Waals surface area contributed by atoms with Crippen LogP contribution >= 0.6 is 34.5 Å². The lowest BCUT2D eigenvalue weighted by Gasteiger charge is -2.13. The van der Waals surface area contributed by atoms with Crippen LogP contribution in [0.5, 0.6) is 5.75 Å². The van der Waals surface area contributed by atoms with Crippen molar-refractivity contribution >= 4 is 44.8 Å². The number of alkyl halides is 1. The van der Waals surface area contributed by atoms with Gasteiger partial charge < -0.3 is 4.74 Å². The van der Waals surface area contributed by atoms with Gasteiger partial charge in [0.1, 0.15) is 5.75 Å². The van der Waals surface area contributed by atoms with Crippen LogP contribution in [0.3, 0.4) is 0 Å². The number of hydrogen-bond donors (Lipinski definition) is 0. The minimum absolute atomic E-state index is 0.197. The lowest BCUT2D eigenvalue weighted by molar-refractivity contribution is 0.409. The summed E-state index contributed by atoms with van der Waals surface area (Å²) in [7, 11) is 1.62. The highest BCUT2D eigenvalue weighted by molar-refractivity contribution is 7.18. The maximum atomic E-state index is 6.55. The molecule has 5 heteroatoms. The number of thiazole rings is 1. The highest BCUT2D eigenvalue weighted by atomic mass is 35.5. The average Bonchev–Trinajstić information content (AvgIpc) is 2.88. The monoisotopic (exact) mass is 337 g/mol. The Hall–Kier alpha value is -1.29. The molecule has 0 saturated carbocycles. The van der Waals surface area contributed by atoms with E-state index in [0.29, 0.717) is 17.2 Å². The van der Waals surface area contributed by atoms with Gasteiger partial charge >= 0.3 is 0 Å². The van der Waals surface area contributed by atoms with E-state index in [1.165, 1.54) is 4.70 Å². The molecule has 0 spiro atoms. The second-order valence-corrected chi connectivity index (χ2v) is 6.71. The SMILES string of the molecule is COc1cc(Cl)ccc1C(Cl)Cc1nc2ccccc2s1. The molecule has 1 atom stereocenters. The normalized spacial score (nSPS) is 12.5. The van der Waals surface area contributed by atoms with Crippen molar-refractivity contribution in [1.29, 1.82) is 0 Å². The number of halogens is 2. The Balaban J connectivity index is 1.87. The van der Waals surface area contributed by atoms with Gasteiger partial charge in [0.05, 0.1) is 27.7 Å². The zero-order valence-electron chi connectivity index (χ0n) is 11.3. The van der Waals surface area contributed by atoms with Crippen LogP contribution < -0.4 is 4.74 Å². The Morgan fingerprint density at radius 1 is 1.24 bits per heavy atom. The highest BCUT2D eigenvalue weighted by Gasteiger charge is 2.16. The molecule has 2 nitrogen and oxygen atoms in total. The maximum absolute atomic E-state index is 6.55. The van der Waals surface area contributed by atoms with Gasteiger partial charge in [0.15, 0.2) is 0 Å². The van der Waals surface area contributed by atoms with Crippen LogP contribution in [0.15, 0.2) is 42.5 Å². The van der Waals surface area contributed by atoms with Gasteiger partial charge in [0, 0.05) is 17.0 Å². The zero-order chi connectivity index (χ0) is 14.8. The molecule has 2 aromatic carbocycles. The number of ether oxygens (including phenoxy) is 1. The summed E-state index contributed by atoms with van der Waals surface area (Å²) in [4.78, 5) is 4.62. The predicted octanol–water partition coefficient (Wildman–Crippen LogP) is 5.48. The molecule has 1 heterocycles. The number of methoxy groups -OCH3 is 1. The van der Waals surface area contributed by atoms with Crippen molar-refractivity contribution in [2.75, 3.05) is 7.11 Å². The van der Waals surface area contributed by atoms with Crippen molar-refractivity contribution in [2.24, 2.45) is 0 Å². The highest BCUT2D eigenvalue weighted by Crippen LogP contribution is 2.35. The second-order valence-electron chi connectivity index (χ2n) is 4.63. The van der Waals surface area contributed by atoms with Gasteiger partial charge in [-0.05, 0) is 24.3 Å². The number of nitrogens with zero attached hydrogens (tertiary/aromatic N) is 1. The van der Waals surface area contributed by atoms with Crippen LogP contribution in [-0.2, 0) is 6.42 Å². The molecule has 0 saturated heterocycles. The molecular formula is C16H13Cl2NOS. The first-order valence-corrected chi connectivity index (χ1v) is 8.12. The summed E-state index contributed by atoms with van der Waals surface area (Å²) in [6.45, 7) is 0. The Morgan fingerprint density at radius 2 is 2.05 bits per heavy atom.